The van der Waals surface area contributed by atoms with Crippen LogP contribution in [0.4, 0.5) is 0 Å². The lowest BCUT2D eigenvalue weighted by molar-refractivity contribution is -0.140. The van der Waals surface area contributed by atoms with Crippen molar-refractivity contribution in [2.24, 2.45) is 5.41 Å². The third-order valence-corrected chi connectivity index (χ3v) is 7.29. The quantitative estimate of drug-likeness (QED) is 0.330. The van der Waals surface area contributed by atoms with Gasteiger partial charge in [0.15, 0.2) is 17.3 Å². The van der Waals surface area contributed by atoms with Gasteiger partial charge in [-0.1, -0.05) is 13.8 Å². The summed E-state index contributed by atoms with van der Waals surface area (Å²) in [6.45, 7) is 7.74. The zero-order chi connectivity index (χ0) is 23.8. The molecule has 0 bridgehead atoms. The zero-order valence-electron chi connectivity index (χ0n) is 20.3. The average Bonchev–Trinajstić information content (AvgIpc) is 3.11. The lowest BCUT2D eigenvalue weighted by Crippen LogP contribution is -2.50. The molecular formula is C26H35NO6. The first-order valence-corrected chi connectivity index (χ1v) is 11.9. The van der Waals surface area contributed by atoms with Crippen molar-refractivity contribution in [1.29, 1.82) is 0 Å². The van der Waals surface area contributed by atoms with Crippen LogP contribution in [0.1, 0.15) is 69.5 Å². The molecular weight excluding hydrogens is 422 g/mol. The molecule has 3 aliphatic rings. The summed E-state index contributed by atoms with van der Waals surface area (Å²) < 4.78 is 22.0. The van der Waals surface area contributed by atoms with Crippen LogP contribution in [0.3, 0.4) is 0 Å². The molecule has 7 nitrogen and oxygen atoms in total. The van der Waals surface area contributed by atoms with Gasteiger partial charge in [0.25, 0.3) is 0 Å². The van der Waals surface area contributed by atoms with E-state index in [-0.39, 0.29) is 47.8 Å². The molecule has 1 fully saturated rings. The van der Waals surface area contributed by atoms with Gasteiger partial charge < -0.3 is 23.8 Å². The molecule has 0 radical (unpaired) electrons. The number of ether oxygens (including phenoxy) is 4. The largest absolute Gasteiger partial charge is 0.493 e. The number of nitrogens with zero attached hydrogens (tertiary/aromatic N) is 1. The molecule has 7 heteroatoms. The monoisotopic (exact) mass is 457 g/mol. The highest BCUT2D eigenvalue weighted by Gasteiger charge is 2.53. The third kappa shape index (κ3) is 4.23. The third-order valence-electron chi connectivity index (χ3n) is 7.29. The molecule has 1 saturated carbocycles. The van der Waals surface area contributed by atoms with E-state index in [2.05, 4.69) is 24.8 Å². The zero-order valence-corrected chi connectivity index (χ0v) is 20.3. The molecule has 1 aromatic carbocycles. The van der Waals surface area contributed by atoms with Gasteiger partial charge in [-0.05, 0) is 48.4 Å². The second-order valence-corrected chi connectivity index (χ2v) is 9.76. The van der Waals surface area contributed by atoms with Gasteiger partial charge in [-0.15, -0.1) is 0 Å². The fourth-order valence-corrected chi connectivity index (χ4v) is 5.80. The highest BCUT2D eigenvalue weighted by Crippen LogP contribution is 2.58. The maximum atomic E-state index is 13.0. The standard InChI is InChI=1S/C26H35NO6/c1-6-32-25(29)19-15-27-20(14-21(19)28)18-13-22(31-5)23(33-11-7-10-30-4)12-17(18)16-8-9-26(2,3)24(16)27/h12-13,15-16,20,24H,6-11,14H2,1-5H3/t16-,20?,24?/m1/s1. The molecule has 2 heterocycles. The van der Waals surface area contributed by atoms with Crippen molar-refractivity contribution in [3.8, 4) is 11.5 Å². The van der Waals surface area contributed by atoms with Crippen LogP contribution in [0, 0.1) is 5.41 Å². The molecule has 0 amide bonds. The van der Waals surface area contributed by atoms with E-state index in [0.717, 1.165) is 30.6 Å². The Labute approximate surface area is 196 Å². The molecule has 1 aromatic rings. The average molecular weight is 458 g/mol. The Morgan fingerprint density at radius 2 is 1.91 bits per heavy atom. The van der Waals surface area contributed by atoms with Crippen LogP contribution in [0.2, 0.25) is 0 Å². The molecule has 180 valence electrons. The van der Waals surface area contributed by atoms with Gasteiger partial charge in [-0.2, -0.15) is 0 Å². The highest BCUT2D eigenvalue weighted by molar-refractivity contribution is 6.17. The minimum Gasteiger partial charge on any atom is -0.493 e. The van der Waals surface area contributed by atoms with Crippen molar-refractivity contribution >= 4 is 11.8 Å². The molecule has 2 aliphatic heterocycles. The van der Waals surface area contributed by atoms with E-state index < -0.39 is 5.97 Å². The van der Waals surface area contributed by atoms with E-state index in [9.17, 15) is 9.59 Å². The first-order valence-electron chi connectivity index (χ1n) is 11.9. The van der Waals surface area contributed by atoms with Crippen LogP contribution in [-0.4, -0.2) is 56.7 Å². The van der Waals surface area contributed by atoms with E-state index in [0.29, 0.717) is 19.0 Å². The first kappa shape index (κ1) is 23.6. The number of ketones is 1. The molecule has 1 aliphatic carbocycles. The summed E-state index contributed by atoms with van der Waals surface area (Å²) >= 11 is 0. The Hall–Kier alpha value is -2.54. The number of fused-ring (bicyclic) bond motifs is 6. The molecule has 0 N–H and O–H groups in total. The normalized spacial score (nSPS) is 25.0. The smallest absolute Gasteiger partial charge is 0.343 e. The number of benzene rings is 1. The van der Waals surface area contributed by atoms with Crippen molar-refractivity contribution in [3.63, 3.8) is 0 Å². The van der Waals surface area contributed by atoms with Crippen molar-refractivity contribution in [2.45, 2.75) is 64.5 Å². The molecule has 33 heavy (non-hydrogen) atoms. The van der Waals surface area contributed by atoms with Crippen molar-refractivity contribution in [2.75, 3.05) is 34.0 Å². The van der Waals surface area contributed by atoms with Crippen molar-refractivity contribution in [1.82, 2.24) is 4.90 Å². The lowest BCUT2D eigenvalue weighted by atomic mass is 9.73. The van der Waals surface area contributed by atoms with Crippen LogP contribution in [0.5, 0.6) is 11.5 Å². The predicted molar refractivity (Wildman–Crippen MR) is 123 cm³/mol. The van der Waals surface area contributed by atoms with Crippen LogP contribution in [-0.2, 0) is 19.1 Å². The van der Waals surface area contributed by atoms with Gasteiger partial charge in [-0.3, -0.25) is 4.79 Å². The molecule has 0 aromatic heterocycles. The number of carbonyl (C=O) groups is 2. The van der Waals surface area contributed by atoms with Crippen LogP contribution in [0.25, 0.3) is 0 Å². The van der Waals surface area contributed by atoms with Crippen molar-refractivity contribution < 1.29 is 28.5 Å². The second kappa shape index (κ2) is 9.37. The fraction of sp³-hybridized carbons (Fsp3) is 0.615. The Kier molecular flexibility index (Phi) is 6.71. The summed E-state index contributed by atoms with van der Waals surface area (Å²) in [6, 6.07) is 4.19. The molecule has 3 atom stereocenters. The van der Waals surface area contributed by atoms with Crippen LogP contribution < -0.4 is 9.47 Å². The topological polar surface area (TPSA) is 74.3 Å². The Morgan fingerprint density at radius 1 is 1.15 bits per heavy atom. The van der Waals surface area contributed by atoms with Crippen molar-refractivity contribution in [3.05, 3.63) is 35.0 Å². The van der Waals surface area contributed by atoms with E-state index in [1.807, 2.05) is 6.07 Å². The summed E-state index contributed by atoms with van der Waals surface area (Å²) in [4.78, 5) is 27.7. The Bertz CT molecular complexity index is 952. The number of methoxy groups -OCH3 is 2. The predicted octanol–water partition coefficient (Wildman–Crippen LogP) is 4.16. The van der Waals surface area contributed by atoms with Gasteiger partial charge in [0.05, 0.1) is 26.4 Å². The number of rotatable bonds is 8. The minimum atomic E-state index is -0.531. The highest BCUT2D eigenvalue weighted by atomic mass is 16.5. The summed E-state index contributed by atoms with van der Waals surface area (Å²) in [5, 5.41) is 0. The number of hydrogen-bond donors (Lipinski definition) is 0. The second-order valence-electron chi connectivity index (χ2n) is 9.76. The summed E-state index contributed by atoms with van der Waals surface area (Å²) in [5.41, 5.74) is 2.51. The minimum absolute atomic E-state index is 0.0384. The fourth-order valence-electron chi connectivity index (χ4n) is 5.80. The molecule has 0 spiro atoms. The van der Waals surface area contributed by atoms with Crippen LogP contribution in [0.15, 0.2) is 23.9 Å². The number of Topliss-reactive ketones (excluding diaryl/α,β-unsaturated/α-hetero) is 1. The summed E-state index contributed by atoms with van der Waals surface area (Å²) in [7, 11) is 3.32. The summed E-state index contributed by atoms with van der Waals surface area (Å²) in [6.07, 6.45) is 4.91. The van der Waals surface area contributed by atoms with Crippen LogP contribution >= 0.6 is 0 Å². The maximum Gasteiger partial charge on any atom is 0.343 e. The molecule has 0 saturated heterocycles. The number of esters is 1. The van der Waals surface area contributed by atoms with E-state index in [4.69, 9.17) is 18.9 Å². The van der Waals surface area contributed by atoms with E-state index >= 15 is 0 Å². The van der Waals surface area contributed by atoms with Gasteiger partial charge in [0.2, 0.25) is 0 Å². The summed E-state index contributed by atoms with van der Waals surface area (Å²) in [5.74, 6) is 0.972. The number of hydrogen-bond acceptors (Lipinski definition) is 7. The van der Waals surface area contributed by atoms with Gasteiger partial charge in [0, 0.05) is 44.7 Å². The Balaban J connectivity index is 1.77. The molecule has 2 unspecified atom stereocenters. The Morgan fingerprint density at radius 3 is 2.61 bits per heavy atom. The van der Waals surface area contributed by atoms with Gasteiger partial charge in [-0.25, -0.2) is 4.79 Å². The maximum absolute atomic E-state index is 13.0. The van der Waals surface area contributed by atoms with Gasteiger partial charge in [0.1, 0.15) is 5.57 Å². The van der Waals surface area contributed by atoms with Gasteiger partial charge >= 0.3 is 5.97 Å². The van der Waals surface area contributed by atoms with E-state index in [1.54, 1.807) is 27.3 Å². The number of carbonyl (C=O) groups excluding carboxylic acids is 2. The molecule has 4 rings (SSSR count). The lowest BCUT2D eigenvalue weighted by Gasteiger charge is -2.50. The first-order chi connectivity index (χ1) is 15.8. The SMILES string of the molecule is CCOC(=O)C1=CN2C(CC1=O)c1cc(OC)c(OCCCOC)cc1[C@H]1CCC(C)(C)C12. The van der Waals surface area contributed by atoms with E-state index in [1.165, 1.54) is 5.56 Å².